The Bertz CT molecular complexity index is 2290. The van der Waals surface area contributed by atoms with Crippen molar-refractivity contribution in [3.63, 3.8) is 0 Å². The minimum absolute atomic E-state index is 0.160. The summed E-state index contributed by atoms with van der Waals surface area (Å²) in [6, 6.07) is 41.3. The van der Waals surface area contributed by atoms with Crippen LogP contribution in [0.25, 0.3) is 53.8 Å². The molecule has 0 aliphatic carbocycles. The van der Waals surface area contributed by atoms with E-state index in [0.717, 1.165) is 19.3 Å². The molecule has 1 aliphatic rings. The van der Waals surface area contributed by atoms with Gasteiger partial charge in [0.15, 0.2) is 17.9 Å². The Morgan fingerprint density at radius 2 is 1.40 bits per heavy atom. The number of pyridine rings is 2. The molecule has 1 unspecified atom stereocenters. The van der Waals surface area contributed by atoms with Crippen LogP contribution >= 0.6 is 11.3 Å². The summed E-state index contributed by atoms with van der Waals surface area (Å²) in [6.07, 6.45) is 7.75. The number of aryl methyl sites for hydroxylation is 3. The van der Waals surface area contributed by atoms with Crippen molar-refractivity contribution >= 4 is 31.5 Å². The van der Waals surface area contributed by atoms with Crippen molar-refractivity contribution in [1.29, 1.82) is 0 Å². The first-order chi connectivity index (χ1) is 23.0. The number of aromatic nitrogens is 2. The molecule has 2 nitrogen and oxygen atoms in total. The van der Waals surface area contributed by atoms with Crippen LogP contribution in [0, 0.1) is 6.92 Å². The molecule has 4 aromatic carbocycles. The monoisotopic (exact) mass is 630 g/mol. The van der Waals surface area contributed by atoms with Gasteiger partial charge in [-0.2, -0.15) is 4.57 Å². The van der Waals surface area contributed by atoms with E-state index in [1.54, 1.807) is 0 Å². The lowest BCUT2D eigenvalue weighted by Crippen LogP contribution is -2.62. The van der Waals surface area contributed by atoms with Crippen LogP contribution < -0.4 is 9.13 Å². The van der Waals surface area contributed by atoms with Crippen molar-refractivity contribution in [2.75, 3.05) is 0 Å². The molecule has 3 aromatic heterocycles. The van der Waals surface area contributed by atoms with Gasteiger partial charge in [0.1, 0.15) is 7.05 Å². The molecule has 8 rings (SSSR count). The van der Waals surface area contributed by atoms with Crippen molar-refractivity contribution in [3.8, 4) is 33.6 Å². The number of hydrogen-bond donors (Lipinski definition) is 0. The van der Waals surface area contributed by atoms with E-state index < -0.39 is 0 Å². The van der Waals surface area contributed by atoms with Crippen LogP contribution in [0.2, 0.25) is 0 Å². The molecule has 1 atom stereocenters. The highest BCUT2D eigenvalue weighted by molar-refractivity contribution is 7.25. The lowest BCUT2D eigenvalue weighted by molar-refractivity contribution is -0.760. The second-order valence-corrected chi connectivity index (χ2v) is 14.3. The van der Waals surface area contributed by atoms with Crippen LogP contribution in [0.15, 0.2) is 122 Å². The van der Waals surface area contributed by atoms with Gasteiger partial charge in [-0.15, -0.1) is 11.3 Å². The lowest BCUT2D eigenvalue weighted by Gasteiger charge is -2.41. The molecule has 0 bridgehead atoms. The van der Waals surface area contributed by atoms with E-state index in [-0.39, 0.29) is 11.5 Å². The summed E-state index contributed by atoms with van der Waals surface area (Å²) >= 11 is 1.92. The molecule has 0 amide bonds. The van der Waals surface area contributed by atoms with Gasteiger partial charge < -0.3 is 0 Å². The number of fused-ring (bicyclic) bond motifs is 6. The van der Waals surface area contributed by atoms with Crippen LogP contribution in [-0.2, 0) is 19.0 Å². The fraction of sp³-hybridized carbons (Fsp3) is 0.227. The van der Waals surface area contributed by atoms with Gasteiger partial charge in [-0.25, -0.2) is 4.57 Å². The molecule has 0 spiro atoms. The number of benzene rings is 4. The highest BCUT2D eigenvalue weighted by Crippen LogP contribution is 2.52. The van der Waals surface area contributed by atoms with Crippen molar-refractivity contribution in [2.24, 2.45) is 7.05 Å². The number of thiophene rings is 1. The van der Waals surface area contributed by atoms with Crippen LogP contribution in [-0.4, -0.2) is 0 Å². The highest BCUT2D eigenvalue weighted by atomic mass is 32.1. The van der Waals surface area contributed by atoms with Crippen molar-refractivity contribution in [3.05, 3.63) is 144 Å². The molecule has 0 N–H and O–H groups in total. The van der Waals surface area contributed by atoms with E-state index in [0.29, 0.717) is 0 Å². The Balaban J connectivity index is 1.49. The van der Waals surface area contributed by atoms with E-state index in [4.69, 9.17) is 0 Å². The summed E-state index contributed by atoms with van der Waals surface area (Å²) in [6.45, 7) is 9.31. The Morgan fingerprint density at radius 1 is 0.660 bits per heavy atom. The number of nitrogens with zero attached hydrogens (tertiary/aromatic N) is 2. The zero-order valence-corrected chi connectivity index (χ0v) is 28.9. The van der Waals surface area contributed by atoms with Crippen molar-refractivity contribution < 1.29 is 9.13 Å². The predicted octanol–water partition coefficient (Wildman–Crippen LogP) is 10.7. The summed E-state index contributed by atoms with van der Waals surface area (Å²) < 4.78 is 7.71. The molecular weight excluding hydrogens is 589 g/mol. The highest BCUT2D eigenvalue weighted by Gasteiger charge is 2.53. The SMILES string of the molecule is CCc1cc2[n+](cc1-c1ccccc1)C(CC)(CC)C(c1cc3sc4ccccc4c3cc1-c1cc(C)cc[n+]1C)c1ccccc1-2. The third-order valence-electron chi connectivity index (χ3n) is 10.9. The molecule has 0 radical (unpaired) electrons. The minimum atomic E-state index is -0.166. The smallest absolute Gasteiger partial charge is 0.201 e. The Hall–Kier alpha value is -4.60. The molecule has 232 valence electrons. The maximum absolute atomic E-state index is 2.69. The van der Waals surface area contributed by atoms with Crippen LogP contribution in [0.3, 0.4) is 0 Å². The second-order valence-electron chi connectivity index (χ2n) is 13.3. The van der Waals surface area contributed by atoms with Gasteiger partial charge in [0.2, 0.25) is 11.4 Å². The molecule has 0 fully saturated rings. The maximum Gasteiger partial charge on any atom is 0.213 e. The van der Waals surface area contributed by atoms with Crippen LogP contribution in [0.4, 0.5) is 0 Å². The molecule has 3 heteroatoms. The molecular formula is C44H42N2S+2. The summed E-state index contributed by atoms with van der Waals surface area (Å²) in [5, 5.41) is 2.69. The topological polar surface area (TPSA) is 7.76 Å². The third kappa shape index (κ3) is 4.58. The van der Waals surface area contributed by atoms with Gasteiger partial charge in [-0.3, -0.25) is 0 Å². The third-order valence-corrected chi connectivity index (χ3v) is 12.0. The molecule has 47 heavy (non-hydrogen) atoms. The normalized spacial score (nSPS) is 15.1. The average Bonchev–Trinajstić information content (AvgIpc) is 3.49. The second kappa shape index (κ2) is 11.6. The first-order valence-electron chi connectivity index (χ1n) is 17.1. The number of hydrogen-bond acceptors (Lipinski definition) is 1. The predicted molar refractivity (Wildman–Crippen MR) is 198 cm³/mol. The zero-order valence-electron chi connectivity index (χ0n) is 28.0. The van der Waals surface area contributed by atoms with E-state index in [1.807, 2.05) is 11.3 Å². The zero-order chi connectivity index (χ0) is 32.3. The summed E-state index contributed by atoms with van der Waals surface area (Å²) in [7, 11) is 2.19. The molecule has 0 saturated heterocycles. The van der Waals surface area contributed by atoms with E-state index in [1.165, 1.54) is 76.1 Å². The summed E-state index contributed by atoms with van der Waals surface area (Å²) in [5.74, 6) is 0.160. The molecule has 1 aliphatic heterocycles. The molecule has 4 heterocycles. The van der Waals surface area contributed by atoms with E-state index in [2.05, 4.69) is 165 Å². The van der Waals surface area contributed by atoms with Crippen LogP contribution in [0.1, 0.15) is 61.8 Å². The quantitative estimate of drug-likeness (QED) is 0.162. The molecule has 0 saturated carbocycles. The van der Waals surface area contributed by atoms with E-state index >= 15 is 0 Å². The molecule has 7 aromatic rings. The lowest BCUT2D eigenvalue weighted by atomic mass is 9.66. The maximum atomic E-state index is 2.69. The van der Waals surface area contributed by atoms with Gasteiger partial charge >= 0.3 is 0 Å². The van der Waals surface area contributed by atoms with Crippen LogP contribution in [0.5, 0.6) is 0 Å². The Morgan fingerprint density at radius 3 is 2.19 bits per heavy atom. The largest absolute Gasteiger partial charge is 0.213 e. The Labute approximate surface area is 282 Å². The first-order valence-corrected chi connectivity index (χ1v) is 17.9. The summed E-state index contributed by atoms with van der Waals surface area (Å²) in [4.78, 5) is 0. The van der Waals surface area contributed by atoms with Gasteiger partial charge in [0.05, 0.1) is 17.0 Å². The fourth-order valence-electron chi connectivity index (χ4n) is 8.40. The standard InChI is InChI=1S/C44H42N2S/c1-6-30-25-40-32-18-12-13-20-34(32)43(44(7-2,8-3)46(40)28-38(30)31-16-10-9-11-17-31)37-27-42-36(33-19-14-15-21-41(33)47-42)26-35(37)39-24-29(4)22-23-45(39)5/h9-28,43H,6-8H2,1-5H3/q+2. The van der Waals surface area contributed by atoms with Gasteiger partial charge in [-0.1, -0.05) is 87.5 Å². The Kier molecular flexibility index (Phi) is 7.33. The first kappa shape index (κ1) is 29.8. The van der Waals surface area contributed by atoms with Crippen molar-refractivity contribution in [1.82, 2.24) is 0 Å². The number of rotatable bonds is 6. The average molecular weight is 631 g/mol. The van der Waals surface area contributed by atoms with Gasteiger partial charge in [0.25, 0.3) is 0 Å². The van der Waals surface area contributed by atoms with Crippen molar-refractivity contribution in [2.45, 2.75) is 58.4 Å². The fourth-order valence-corrected chi connectivity index (χ4v) is 9.53. The van der Waals surface area contributed by atoms with Gasteiger partial charge in [-0.05, 0) is 65.4 Å². The van der Waals surface area contributed by atoms with Gasteiger partial charge in [0, 0.05) is 56.8 Å². The van der Waals surface area contributed by atoms with E-state index in [9.17, 15) is 0 Å². The summed E-state index contributed by atoms with van der Waals surface area (Å²) in [5.41, 5.74) is 13.3. The minimum Gasteiger partial charge on any atom is -0.201 e.